The second-order valence-corrected chi connectivity index (χ2v) is 8.16. The number of guanidine groups is 1. The molecule has 0 aliphatic carbocycles. The molecule has 28 heavy (non-hydrogen) atoms. The van der Waals surface area contributed by atoms with Crippen LogP contribution in [0.25, 0.3) is 0 Å². The number of hydrogen-bond acceptors (Lipinski definition) is 3. The van der Waals surface area contributed by atoms with Gasteiger partial charge in [0.05, 0.1) is 11.4 Å². The molecule has 2 rings (SSSR count). The lowest BCUT2D eigenvalue weighted by molar-refractivity contribution is 0.519. The number of sulfonamides is 1. The summed E-state index contributed by atoms with van der Waals surface area (Å²) in [5, 5.41) is 6.15. The molecule has 0 aliphatic rings. The van der Waals surface area contributed by atoms with Crippen LogP contribution in [0, 0.1) is 5.82 Å². The number of benzene rings is 2. The van der Waals surface area contributed by atoms with E-state index in [2.05, 4.69) is 15.6 Å². The first-order chi connectivity index (χ1) is 12.9. The molecule has 2 aromatic carbocycles. The summed E-state index contributed by atoms with van der Waals surface area (Å²) in [5.41, 5.74) is 1.12. The van der Waals surface area contributed by atoms with Gasteiger partial charge in [-0.2, -0.15) is 0 Å². The molecule has 0 radical (unpaired) electrons. The van der Waals surface area contributed by atoms with E-state index in [1.54, 1.807) is 42.5 Å². The second kappa shape index (κ2) is 11.3. The predicted molar refractivity (Wildman–Crippen MR) is 121 cm³/mol. The summed E-state index contributed by atoms with van der Waals surface area (Å²) in [6.07, 6.45) is 0. The van der Waals surface area contributed by atoms with Gasteiger partial charge in [-0.25, -0.2) is 22.1 Å². The quantitative estimate of drug-likeness (QED) is 0.335. The standard InChI is InChI=1S/C19H25FN4O2S.HI/c1-4-21-19(22-13-15-9-5-7-11-17(15)20)23-14-16-10-6-8-12-18(16)27(25,26)24(2)3;/h5-12H,4,13-14H2,1-3H3,(H2,21,22,23);1H. The first-order valence-corrected chi connectivity index (χ1v) is 10.1. The molecule has 0 unspecified atom stereocenters. The zero-order valence-electron chi connectivity index (χ0n) is 16.1. The van der Waals surface area contributed by atoms with E-state index in [9.17, 15) is 12.8 Å². The van der Waals surface area contributed by atoms with E-state index in [1.165, 1.54) is 24.5 Å². The first kappa shape index (κ1) is 24.3. The van der Waals surface area contributed by atoms with E-state index < -0.39 is 10.0 Å². The molecule has 0 fully saturated rings. The molecule has 0 atom stereocenters. The lowest BCUT2D eigenvalue weighted by atomic mass is 10.2. The smallest absolute Gasteiger partial charge is 0.242 e. The number of aliphatic imine (C=N–C) groups is 1. The van der Waals surface area contributed by atoms with Gasteiger partial charge in [0, 0.05) is 32.7 Å². The third-order valence-corrected chi connectivity index (χ3v) is 5.80. The minimum absolute atomic E-state index is 0. The van der Waals surface area contributed by atoms with Crippen LogP contribution in [0.1, 0.15) is 18.1 Å². The normalized spacial score (nSPS) is 11.8. The molecule has 9 heteroatoms. The number of nitrogens with zero attached hydrogens (tertiary/aromatic N) is 2. The minimum atomic E-state index is -3.55. The minimum Gasteiger partial charge on any atom is -0.357 e. The molecule has 0 bridgehead atoms. The van der Waals surface area contributed by atoms with E-state index in [1.807, 2.05) is 6.92 Å². The Bertz CT molecular complexity index is 904. The molecule has 0 saturated heterocycles. The maximum absolute atomic E-state index is 13.8. The Morgan fingerprint density at radius 1 is 1.04 bits per heavy atom. The molecule has 0 aliphatic heterocycles. The highest BCUT2D eigenvalue weighted by Gasteiger charge is 2.20. The zero-order chi connectivity index (χ0) is 19.9. The van der Waals surface area contributed by atoms with Crippen LogP contribution in [0.2, 0.25) is 0 Å². The van der Waals surface area contributed by atoms with Crippen molar-refractivity contribution in [2.24, 2.45) is 4.99 Å². The van der Waals surface area contributed by atoms with Gasteiger partial charge in [-0.15, -0.1) is 24.0 Å². The first-order valence-electron chi connectivity index (χ1n) is 8.62. The van der Waals surface area contributed by atoms with E-state index in [-0.39, 0.29) is 47.8 Å². The Morgan fingerprint density at radius 3 is 2.25 bits per heavy atom. The second-order valence-electron chi connectivity index (χ2n) is 6.04. The monoisotopic (exact) mass is 520 g/mol. The molecule has 0 heterocycles. The van der Waals surface area contributed by atoms with Crippen molar-refractivity contribution in [3.8, 4) is 0 Å². The largest absolute Gasteiger partial charge is 0.357 e. The van der Waals surface area contributed by atoms with Crippen LogP contribution in [-0.2, 0) is 23.1 Å². The van der Waals surface area contributed by atoms with Crippen molar-refractivity contribution < 1.29 is 12.8 Å². The summed E-state index contributed by atoms with van der Waals surface area (Å²) in [6, 6.07) is 13.3. The van der Waals surface area contributed by atoms with Gasteiger partial charge in [-0.05, 0) is 24.6 Å². The van der Waals surface area contributed by atoms with Crippen molar-refractivity contribution in [2.45, 2.75) is 24.9 Å². The van der Waals surface area contributed by atoms with Crippen LogP contribution in [0.4, 0.5) is 4.39 Å². The molecule has 0 spiro atoms. The Labute approximate surface area is 183 Å². The summed E-state index contributed by atoms with van der Waals surface area (Å²) in [6.45, 7) is 3.00. The van der Waals surface area contributed by atoms with Crippen LogP contribution in [-0.4, -0.2) is 39.3 Å². The van der Waals surface area contributed by atoms with Crippen LogP contribution < -0.4 is 10.6 Å². The van der Waals surface area contributed by atoms with Crippen molar-refractivity contribution >= 4 is 40.0 Å². The van der Waals surface area contributed by atoms with Gasteiger partial charge in [-0.3, -0.25) is 0 Å². The summed E-state index contributed by atoms with van der Waals surface area (Å²) in [7, 11) is -0.564. The van der Waals surface area contributed by atoms with Crippen molar-refractivity contribution in [2.75, 3.05) is 20.6 Å². The molecule has 0 saturated carbocycles. The van der Waals surface area contributed by atoms with Crippen LogP contribution in [0.3, 0.4) is 0 Å². The van der Waals surface area contributed by atoms with E-state index in [0.29, 0.717) is 23.6 Å². The van der Waals surface area contributed by atoms with Gasteiger partial charge in [0.2, 0.25) is 10.0 Å². The molecular weight excluding hydrogens is 494 g/mol. The Morgan fingerprint density at radius 2 is 1.64 bits per heavy atom. The molecule has 6 nitrogen and oxygen atoms in total. The average molecular weight is 520 g/mol. The Kier molecular flexibility index (Phi) is 9.83. The molecular formula is C19H26FIN4O2S. The molecule has 154 valence electrons. The van der Waals surface area contributed by atoms with Crippen molar-refractivity contribution in [3.05, 3.63) is 65.5 Å². The Balaban J connectivity index is 0.00000392. The van der Waals surface area contributed by atoms with E-state index in [4.69, 9.17) is 0 Å². The van der Waals surface area contributed by atoms with E-state index in [0.717, 1.165) is 0 Å². The highest BCUT2D eigenvalue weighted by molar-refractivity contribution is 14.0. The van der Waals surface area contributed by atoms with Crippen LogP contribution >= 0.6 is 24.0 Å². The number of rotatable bonds is 7. The highest BCUT2D eigenvalue weighted by atomic mass is 127. The zero-order valence-corrected chi connectivity index (χ0v) is 19.3. The molecule has 0 aromatic heterocycles. The summed E-state index contributed by atoms with van der Waals surface area (Å²) in [4.78, 5) is 4.68. The third kappa shape index (κ3) is 6.42. The maximum Gasteiger partial charge on any atom is 0.242 e. The maximum atomic E-state index is 13.8. The SMILES string of the molecule is CCNC(=NCc1ccccc1S(=O)(=O)N(C)C)NCc1ccccc1F.I. The fourth-order valence-electron chi connectivity index (χ4n) is 2.41. The van der Waals surface area contributed by atoms with Crippen LogP contribution in [0.15, 0.2) is 58.4 Å². The van der Waals surface area contributed by atoms with Gasteiger partial charge >= 0.3 is 0 Å². The average Bonchev–Trinajstić information content (AvgIpc) is 2.65. The topological polar surface area (TPSA) is 73.8 Å². The lowest BCUT2D eigenvalue weighted by Crippen LogP contribution is -2.37. The number of halogens is 2. The summed E-state index contributed by atoms with van der Waals surface area (Å²) in [5.74, 6) is 0.195. The van der Waals surface area contributed by atoms with Crippen molar-refractivity contribution in [1.29, 1.82) is 0 Å². The van der Waals surface area contributed by atoms with Gasteiger partial charge < -0.3 is 10.6 Å². The fourth-order valence-corrected chi connectivity index (χ4v) is 3.52. The van der Waals surface area contributed by atoms with Gasteiger partial charge in [0.25, 0.3) is 0 Å². The van der Waals surface area contributed by atoms with Crippen molar-refractivity contribution in [3.63, 3.8) is 0 Å². The number of nitrogens with one attached hydrogen (secondary N) is 2. The summed E-state index contributed by atoms with van der Waals surface area (Å²) >= 11 is 0. The van der Waals surface area contributed by atoms with Crippen LogP contribution in [0.5, 0.6) is 0 Å². The van der Waals surface area contributed by atoms with Crippen molar-refractivity contribution in [1.82, 2.24) is 14.9 Å². The molecule has 0 amide bonds. The predicted octanol–water partition coefficient (Wildman–Crippen LogP) is 2.95. The Hall–Kier alpha value is -1.72. The summed E-state index contributed by atoms with van der Waals surface area (Å²) < 4.78 is 39.9. The number of hydrogen-bond donors (Lipinski definition) is 2. The molecule has 2 aromatic rings. The lowest BCUT2D eigenvalue weighted by Gasteiger charge is -2.15. The molecule has 2 N–H and O–H groups in total. The van der Waals surface area contributed by atoms with Gasteiger partial charge in [-0.1, -0.05) is 36.4 Å². The fraction of sp³-hybridized carbons (Fsp3) is 0.316. The highest BCUT2D eigenvalue weighted by Crippen LogP contribution is 2.19. The van der Waals surface area contributed by atoms with E-state index >= 15 is 0 Å². The van der Waals surface area contributed by atoms with Gasteiger partial charge in [0.1, 0.15) is 5.82 Å². The third-order valence-electron chi connectivity index (χ3n) is 3.89. The van der Waals surface area contributed by atoms with Gasteiger partial charge in [0.15, 0.2) is 5.96 Å².